The zero-order valence-electron chi connectivity index (χ0n) is 12.4. The molecule has 0 spiro atoms. The van der Waals surface area contributed by atoms with Crippen molar-refractivity contribution in [2.24, 2.45) is 11.7 Å². The highest BCUT2D eigenvalue weighted by Gasteiger charge is 2.32. The second kappa shape index (κ2) is 8.24. The third kappa shape index (κ3) is 5.93. The zero-order valence-corrected chi connectivity index (χ0v) is 12.4. The van der Waals surface area contributed by atoms with Gasteiger partial charge in [0.05, 0.1) is 0 Å². The van der Waals surface area contributed by atoms with Crippen LogP contribution in [0.5, 0.6) is 5.75 Å². The van der Waals surface area contributed by atoms with E-state index >= 15 is 0 Å². The summed E-state index contributed by atoms with van der Waals surface area (Å²) >= 11 is 0. The third-order valence-corrected chi connectivity index (χ3v) is 3.56. The summed E-state index contributed by atoms with van der Waals surface area (Å²) < 4.78 is 41.4. The molecule has 0 heterocycles. The molecule has 1 atom stereocenters. The average molecular weight is 304 g/mol. The van der Waals surface area contributed by atoms with Crippen LogP contribution in [-0.4, -0.2) is 19.5 Å². The zero-order chi connectivity index (χ0) is 15.9. The van der Waals surface area contributed by atoms with Crippen LogP contribution in [0.15, 0.2) is 24.3 Å². The van der Waals surface area contributed by atoms with Crippen molar-refractivity contribution in [3.8, 4) is 5.75 Å². The summed E-state index contributed by atoms with van der Waals surface area (Å²) in [5, 5.41) is 3.24. The Kier molecular flexibility index (Phi) is 6.98. The van der Waals surface area contributed by atoms with Gasteiger partial charge in [0, 0.05) is 18.2 Å². The Bertz CT molecular complexity index is 420. The van der Waals surface area contributed by atoms with Gasteiger partial charge in [-0.25, -0.2) is 0 Å². The molecule has 0 bridgehead atoms. The molecular formula is C15H23F3N2O. The van der Waals surface area contributed by atoms with E-state index in [2.05, 4.69) is 23.9 Å². The number of nitrogens with one attached hydrogen (secondary N) is 1. The van der Waals surface area contributed by atoms with Gasteiger partial charge in [0.1, 0.15) is 5.75 Å². The summed E-state index contributed by atoms with van der Waals surface area (Å²) in [5.41, 5.74) is 6.14. The molecule has 1 rings (SSSR count). The van der Waals surface area contributed by atoms with Gasteiger partial charge in [0.25, 0.3) is 0 Å². The van der Waals surface area contributed by atoms with Crippen LogP contribution in [0.4, 0.5) is 13.2 Å². The normalized spacial score (nSPS) is 13.5. The molecule has 120 valence electrons. The Morgan fingerprint density at radius 2 is 1.81 bits per heavy atom. The Balaban J connectivity index is 2.85. The first-order valence-corrected chi connectivity index (χ1v) is 7.19. The number of hydrogen-bond donors (Lipinski definition) is 2. The Hall–Kier alpha value is -1.27. The molecule has 0 radical (unpaired) electrons. The van der Waals surface area contributed by atoms with E-state index in [0.29, 0.717) is 11.5 Å². The summed E-state index contributed by atoms with van der Waals surface area (Å²) in [6.07, 6.45) is -2.67. The van der Waals surface area contributed by atoms with Crippen molar-refractivity contribution >= 4 is 0 Å². The number of alkyl halides is 3. The first-order valence-electron chi connectivity index (χ1n) is 7.19. The lowest BCUT2D eigenvalue weighted by molar-refractivity contribution is -0.275. The van der Waals surface area contributed by atoms with Crippen molar-refractivity contribution in [1.29, 1.82) is 0 Å². The van der Waals surface area contributed by atoms with Crippen LogP contribution < -0.4 is 15.8 Å². The maximum Gasteiger partial charge on any atom is 0.573 e. The molecule has 6 heteroatoms. The van der Waals surface area contributed by atoms with Crippen LogP contribution in [-0.2, 0) is 0 Å². The molecule has 3 N–H and O–H groups in total. The number of rotatable bonds is 8. The summed E-state index contributed by atoms with van der Waals surface area (Å²) in [7, 11) is 0. The monoisotopic (exact) mass is 304 g/mol. The van der Waals surface area contributed by atoms with Crippen LogP contribution in [0, 0.1) is 5.92 Å². The van der Waals surface area contributed by atoms with Crippen LogP contribution >= 0.6 is 0 Å². The number of para-hydroxylation sites is 1. The molecule has 0 aromatic heterocycles. The lowest BCUT2D eigenvalue weighted by atomic mass is 10.0. The second-order valence-electron chi connectivity index (χ2n) is 4.96. The topological polar surface area (TPSA) is 47.3 Å². The lowest BCUT2D eigenvalue weighted by Crippen LogP contribution is -2.32. The third-order valence-electron chi connectivity index (χ3n) is 3.56. The van der Waals surface area contributed by atoms with Crippen molar-refractivity contribution in [2.75, 3.05) is 13.1 Å². The second-order valence-corrected chi connectivity index (χ2v) is 4.96. The summed E-state index contributed by atoms with van der Waals surface area (Å²) in [4.78, 5) is 0. The summed E-state index contributed by atoms with van der Waals surface area (Å²) in [6, 6.07) is 5.76. The largest absolute Gasteiger partial charge is 0.573 e. The van der Waals surface area contributed by atoms with Gasteiger partial charge in [-0.15, -0.1) is 13.2 Å². The number of hydrogen-bond acceptors (Lipinski definition) is 3. The Labute approximate surface area is 123 Å². The minimum Gasteiger partial charge on any atom is -0.405 e. The number of ether oxygens (including phenoxy) is 1. The van der Waals surface area contributed by atoms with E-state index < -0.39 is 6.36 Å². The maximum atomic E-state index is 12.4. The summed E-state index contributed by atoms with van der Waals surface area (Å²) in [6.45, 7) is 5.11. The van der Waals surface area contributed by atoms with Crippen LogP contribution in [0.3, 0.4) is 0 Å². The van der Waals surface area contributed by atoms with E-state index in [-0.39, 0.29) is 18.3 Å². The van der Waals surface area contributed by atoms with E-state index in [4.69, 9.17) is 5.73 Å². The summed E-state index contributed by atoms with van der Waals surface area (Å²) in [5.74, 6) is 0.284. The lowest BCUT2D eigenvalue weighted by Gasteiger charge is -2.23. The Morgan fingerprint density at radius 1 is 1.19 bits per heavy atom. The first-order chi connectivity index (χ1) is 9.91. The molecule has 0 aliphatic heterocycles. The van der Waals surface area contributed by atoms with Crippen LogP contribution in [0.25, 0.3) is 0 Å². The molecule has 1 aromatic carbocycles. The van der Waals surface area contributed by atoms with Gasteiger partial charge in [0.15, 0.2) is 0 Å². The minimum absolute atomic E-state index is 0.197. The fraction of sp³-hybridized carbons (Fsp3) is 0.600. The molecule has 0 saturated carbocycles. The molecule has 3 nitrogen and oxygen atoms in total. The fourth-order valence-electron chi connectivity index (χ4n) is 2.19. The molecule has 0 aliphatic carbocycles. The highest BCUT2D eigenvalue weighted by molar-refractivity contribution is 5.36. The minimum atomic E-state index is -4.70. The van der Waals surface area contributed by atoms with E-state index in [9.17, 15) is 13.2 Å². The maximum absolute atomic E-state index is 12.4. The van der Waals surface area contributed by atoms with E-state index in [1.165, 1.54) is 12.1 Å². The van der Waals surface area contributed by atoms with Crippen molar-refractivity contribution in [1.82, 2.24) is 5.32 Å². The van der Waals surface area contributed by atoms with Crippen LogP contribution in [0.2, 0.25) is 0 Å². The van der Waals surface area contributed by atoms with Crippen LogP contribution in [0.1, 0.15) is 38.3 Å². The standard InChI is InChI=1S/C15H23F3N2O/c1-3-11(4-2)10-20-13(9-19)12-7-5-6-8-14(12)21-15(16,17)18/h5-8,11,13,20H,3-4,9-10,19H2,1-2H3. The van der Waals surface area contributed by atoms with Crippen molar-refractivity contribution in [3.05, 3.63) is 29.8 Å². The molecule has 0 fully saturated rings. The number of halogens is 3. The number of benzene rings is 1. The molecule has 0 saturated heterocycles. The predicted molar refractivity (Wildman–Crippen MR) is 77.0 cm³/mol. The van der Waals surface area contributed by atoms with Crippen molar-refractivity contribution in [3.63, 3.8) is 0 Å². The number of nitrogens with two attached hydrogens (primary N) is 1. The molecule has 1 aromatic rings. The fourth-order valence-corrected chi connectivity index (χ4v) is 2.19. The quantitative estimate of drug-likeness (QED) is 0.771. The van der Waals surface area contributed by atoms with Gasteiger partial charge in [-0.2, -0.15) is 0 Å². The molecule has 1 unspecified atom stereocenters. The van der Waals surface area contributed by atoms with Gasteiger partial charge < -0.3 is 15.8 Å². The molecule has 0 amide bonds. The van der Waals surface area contributed by atoms with E-state index in [1.807, 2.05) is 0 Å². The average Bonchev–Trinajstić information content (AvgIpc) is 2.43. The first kappa shape index (κ1) is 17.8. The highest BCUT2D eigenvalue weighted by atomic mass is 19.4. The van der Waals surface area contributed by atoms with Gasteiger partial charge in [-0.05, 0) is 18.5 Å². The van der Waals surface area contributed by atoms with Gasteiger partial charge in [-0.3, -0.25) is 0 Å². The van der Waals surface area contributed by atoms with E-state index in [0.717, 1.165) is 19.4 Å². The van der Waals surface area contributed by atoms with E-state index in [1.54, 1.807) is 12.1 Å². The smallest absolute Gasteiger partial charge is 0.405 e. The molecule has 21 heavy (non-hydrogen) atoms. The van der Waals surface area contributed by atoms with Gasteiger partial charge >= 0.3 is 6.36 Å². The SMILES string of the molecule is CCC(CC)CNC(CN)c1ccccc1OC(F)(F)F. The predicted octanol–water partition coefficient (Wildman–Crippen LogP) is 3.61. The van der Waals surface area contributed by atoms with Gasteiger partial charge in [-0.1, -0.05) is 44.9 Å². The van der Waals surface area contributed by atoms with Gasteiger partial charge in [0.2, 0.25) is 0 Å². The van der Waals surface area contributed by atoms with Crippen molar-refractivity contribution < 1.29 is 17.9 Å². The molecule has 0 aliphatic rings. The van der Waals surface area contributed by atoms with Crippen molar-refractivity contribution in [2.45, 2.75) is 39.1 Å². The Morgan fingerprint density at radius 3 is 2.33 bits per heavy atom. The highest BCUT2D eigenvalue weighted by Crippen LogP contribution is 2.30. The molecular weight excluding hydrogens is 281 g/mol.